The summed E-state index contributed by atoms with van der Waals surface area (Å²) >= 11 is 1.59. The van der Waals surface area contributed by atoms with Gasteiger partial charge in [0.05, 0.1) is 7.11 Å². The fourth-order valence-electron chi connectivity index (χ4n) is 1.55. The Labute approximate surface area is 111 Å². The van der Waals surface area contributed by atoms with Gasteiger partial charge in [-0.25, -0.2) is 0 Å². The van der Waals surface area contributed by atoms with Crippen LogP contribution in [0.3, 0.4) is 0 Å². The number of nitrogen functional groups attached to an aromatic ring is 1. The van der Waals surface area contributed by atoms with Gasteiger partial charge in [0.1, 0.15) is 5.75 Å². The van der Waals surface area contributed by atoms with Gasteiger partial charge in [-0.05, 0) is 31.0 Å². The number of anilines is 1. The molecule has 5 heteroatoms. The third-order valence-electron chi connectivity index (χ3n) is 2.75. The Kier molecular flexibility index (Phi) is 4.36. The summed E-state index contributed by atoms with van der Waals surface area (Å²) < 4.78 is 5.15. The van der Waals surface area contributed by atoms with E-state index in [-0.39, 0.29) is 5.91 Å². The van der Waals surface area contributed by atoms with Crippen molar-refractivity contribution in [3.05, 3.63) is 18.2 Å². The maximum absolute atomic E-state index is 11.5. The maximum atomic E-state index is 11.5. The number of nitrogens with one attached hydrogen (secondary N) is 1. The van der Waals surface area contributed by atoms with E-state index in [9.17, 15) is 4.79 Å². The average molecular weight is 266 g/mol. The first kappa shape index (κ1) is 13.1. The minimum atomic E-state index is 0.131. The normalized spacial score (nSPS) is 14.3. The van der Waals surface area contributed by atoms with Gasteiger partial charge in [0.25, 0.3) is 0 Å². The molecule has 1 saturated carbocycles. The predicted octanol–water partition coefficient (Wildman–Crippen LogP) is 2.04. The topological polar surface area (TPSA) is 64.3 Å². The monoisotopic (exact) mass is 266 g/mol. The van der Waals surface area contributed by atoms with Crippen molar-refractivity contribution in [3.8, 4) is 5.75 Å². The number of benzene rings is 1. The highest BCUT2D eigenvalue weighted by Gasteiger charge is 2.22. The molecule has 0 aromatic heterocycles. The molecule has 1 fully saturated rings. The van der Waals surface area contributed by atoms with Crippen molar-refractivity contribution in [3.63, 3.8) is 0 Å². The molecule has 0 aliphatic heterocycles. The molecule has 0 spiro atoms. The molecular weight excluding hydrogens is 248 g/mol. The van der Waals surface area contributed by atoms with Gasteiger partial charge in [0.2, 0.25) is 5.91 Å². The van der Waals surface area contributed by atoms with Gasteiger partial charge >= 0.3 is 0 Å². The highest BCUT2D eigenvalue weighted by atomic mass is 32.2. The van der Waals surface area contributed by atoms with Crippen molar-refractivity contribution in [1.29, 1.82) is 0 Å². The van der Waals surface area contributed by atoms with E-state index in [1.807, 2.05) is 18.2 Å². The number of methoxy groups -OCH3 is 1. The molecular formula is C13H18N2O2S. The third-order valence-corrected chi connectivity index (χ3v) is 3.82. The van der Waals surface area contributed by atoms with Crippen molar-refractivity contribution in [1.82, 2.24) is 5.32 Å². The molecule has 1 aromatic carbocycles. The van der Waals surface area contributed by atoms with E-state index in [4.69, 9.17) is 10.5 Å². The Morgan fingerprint density at radius 1 is 1.56 bits per heavy atom. The van der Waals surface area contributed by atoms with Crippen molar-refractivity contribution in [2.75, 3.05) is 18.6 Å². The number of hydrogen-bond donors (Lipinski definition) is 2. The first-order valence-corrected chi connectivity index (χ1v) is 7.03. The molecule has 0 saturated heterocycles. The van der Waals surface area contributed by atoms with Gasteiger partial charge in [-0.15, -0.1) is 11.8 Å². The van der Waals surface area contributed by atoms with Crippen LogP contribution in [0.2, 0.25) is 0 Å². The minimum absolute atomic E-state index is 0.131. The summed E-state index contributed by atoms with van der Waals surface area (Å²) in [6, 6.07) is 5.99. The van der Waals surface area contributed by atoms with Crippen LogP contribution in [0, 0.1) is 0 Å². The lowest BCUT2D eigenvalue weighted by atomic mass is 10.3. The molecule has 3 N–H and O–H groups in total. The fourth-order valence-corrected chi connectivity index (χ4v) is 2.49. The number of amides is 1. The highest BCUT2D eigenvalue weighted by Crippen LogP contribution is 2.29. The van der Waals surface area contributed by atoms with Crippen molar-refractivity contribution in [2.45, 2.75) is 30.2 Å². The molecule has 1 aliphatic rings. The second-order valence-electron chi connectivity index (χ2n) is 4.34. The molecule has 18 heavy (non-hydrogen) atoms. The van der Waals surface area contributed by atoms with Crippen LogP contribution in [0.4, 0.5) is 5.69 Å². The summed E-state index contributed by atoms with van der Waals surface area (Å²) in [4.78, 5) is 12.5. The first-order valence-electron chi connectivity index (χ1n) is 6.04. The summed E-state index contributed by atoms with van der Waals surface area (Å²) in [5.74, 6) is 1.65. The second-order valence-corrected chi connectivity index (χ2v) is 5.48. The standard InChI is InChI=1S/C13H18N2O2S/c1-17-10-4-5-11(14)12(8-10)18-7-6-13(16)15-9-2-3-9/h4-5,8-9H,2-3,6-7,14H2,1H3,(H,15,16). The quantitative estimate of drug-likeness (QED) is 0.611. The van der Waals surface area contributed by atoms with Crippen molar-refractivity contribution < 1.29 is 9.53 Å². The number of nitrogens with two attached hydrogens (primary N) is 1. The summed E-state index contributed by atoms with van der Waals surface area (Å²) in [5, 5.41) is 2.97. The molecule has 0 bridgehead atoms. The molecule has 2 rings (SSSR count). The predicted molar refractivity (Wildman–Crippen MR) is 73.9 cm³/mol. The zero-order valence-corrected chi connectivity index (χ0v) is 11.3. The van der Waals surface area contributed by atoms with Crippen LogP contribution >= 0.6 is 11.8 Å². The van der Waals surface area contributed by atoms with Crippen molar-refractivity contribution in [2.24, 2.45) is 0 Å². The van der Waals surface area contributed by atoms with Crippen molar-refractivity contribution >= 4 is 23.4 Å². The van der Waals surface area contributed by atoms with E-state index >= 15 is 0 Å². The Balaban J connectivity index is 1.79. The SMILES string of the molecule is COc1ccc(N)c(SCCC(=O)NC2CC2)c1. The molecule has 0 atom stereocenters. The fraction of sp³-hybridized carbons (Fsp3) is 0.462. The average Bonchev–Trinajstić information content (AvgIpc) is 3.15. The lowest BCUT2D eigenvalue weighted by molar-refractivity contribution is -0.120. The zero-order valence-electron chi connectivity index (χ0n) is 10.4. The smallest absolute Gasteiger partial charge is 0.221 e. The van der Waals surface area contributed by atoms with Gasteiger partial charge in [0, 0.05) is 28.8 Å². The first-order chi connectivity index (χ1) is 8.69. The van der Waals surface area contributed by atoms with Crippen LogP contribution in [-0.2, 0) is 4.79 Å². The van der Waals surface area contributed by atoms with E-state index in [0.717, 1.165) is 34.9 Å². The van der Waals surface area contributed by atoms with Crippen LogP contribution in [0.1, 0.15) is 19.3 Å². The van der Waals surface area contributed by atoms with E-state index in [1.165, 1.54) is 0 Å². The molecule has 4 nitrogen and oxygen atoms in total. The van der Waals surface area contributed by atoms with Crippen LogP contribution in [0.15, 0.2) is 23.1 Å². The van der Waals surface area contributed by atoms with Gasteiger partial charge in [-0.1, -0.05) is 0 Å². The van der Waals surface area contributed by atoms with E-state index in [1.54, 1.807) is 18.9 Å². The van der Waals surface area contributed by atoms with Crippen LogP contribution in [0.25, 0.3) is 0 Å². The number of rotatable bonds is 6. The maximum Gasteiger partial charge on any atom is 0.221 e. The zero-order chi connectivity index (χ0) is 13.0. The third kappa shape index (κ3) is 3.84. The van der Waals surface area contributed by atoms with Crippen LogP contribution < -0.4 is 15.8 Å². The molecule has 98 valence electrons. The minimum Gasteiger partial charge on any atom is -0.497 e. The van der Waals surface area contributed by atoms with Gasteiger partial charge in [-0.2, -0.15) is 0 Å². The summed E-state index contributed by atoms with van der Waals surface area (Å²) in [5.41, 5.74) is 6.60. The second kappa shape index (κ2) is 6.00. The van der Waals surface area contributed by atoms with E-state index in [2.05, 4.69) is 5.32 Å². The van der Waals surface area contributed by atoms with Crippen LogP contribution in [0.5, 0.6) is 5.75 Å². The summed E-state index contributed by atoms with van der Waals surface area (Å²) in [7, 11) is 1.63. The number of hydrogen-bond acceptors (Lipinski definition) is 4. The lowest BCUT2D eigenvalue weighted by Gasteiger charge is -2.08. The molecule has 0 radical (unpaired) electrons. The molecule has 0 heterocycles. The lowest BCUT2D eigenvalue weighted by Crippen LogP contribution is -2.25. The molecule has 0 unspecified atom stereocenters. The van der Waals surface area contributed by atoms with Gasteiger partial charge in [-0.3, -0.25) is 4.79 Å². The Morgan fingerprint density at radius 3 is 3.00 bits per heavy atom. The largest absolute Gasteiger partial charge is 0.497 e. The summed E-state index contributed by atoms with van der Waals surface area (Å²) in [6.07, 6.45) is 2.78. The van der Waals surface area contributed by atoms with Gasteiger partial charge < -0.3 is 15.8 Å². The number of carbonyl (C=O) groups excluding carboxylic acids is 1. The summed E-state index contributed by atoms with van der Waals surface area (Å²) in [6.45, 7) is 0. The van der Waals surface area contributed by atoms with Crippen LogP contribution in [-0.4, -0.2) is 24.8 Å². The molecule has 1 aromatic rings. The van der Waals surface area contributed by atoms with Gasteiger partial charge in [0.15, 0.2) is 0 Å². The Morgan fingerprint density at radius 2 is 2.33 bits per heavy atom. The van der Waals surface area contributed by atoms with E-state index < -0.39 is 0 Å². The number of carbonyl (C=O) groups is 1. The molecule has 1 aliphatic carbocycles. The number of ether oxygens (including phenoxy) is 1. The highest BCUT2D eigenvalue weighted by molar-refractivity contribution is 7.99. The van der Waals surface area contributed by atoms with E-state index in [0.29, 0.717) is 12.5 Å². The Bertz CT molecular complexity index is 433. The Hall–Kier alpha value is -1.36. The number of thioether (sulfide) groups is 1. The molecule has 1 amide bonds.